The van der Waals surface area contributed by atoms with E-state index in [0.717, 1.165) is 11.3 Å². The summed E-state index contributed by atoms with van der Waals surface area (Å²) in [6.07, 6.45) is -0.180. The Labute approximate surface area is 97.9 Å². The number of nitrogens with zero attached hydrogens (tertiary/aromatic N) is 1. The molecule has 0 aliphatic carbocycles. The molecule has 1 heterocycles. The van der Waals surface area contributed by atoms with Crippen molar-refractivity contribution in [1.82, 2.24) is 4.98 Å². The molecule has 1 aromatic carbocycles. The number of halogens is 1. The second-order valence-electron chi connectivity index (χ2n) is 4.12. The number of aryl methyl sites for hydroxylation is 2. The van der Waals surface area contributed by atoms with Gasteiger partial charge in [-0.25, -0.2) is 4.39 Å². The van der Waals surface area contributed by atoms with E-state index in [1.54, 1.807) is 13.0 Å². The van der Waals surface area contributed by atoms with Gasteiger partial charge < -0.3 is 5.11 Å². The molecule has 0 aliphatic heterocycles. The molecule has 0 unspecified atom stereocenters. The molecule has 2 aromatic rings. The highest BCUT2D eigenvalue weighted by molar-refractivity contribution is 5.84. The summed E-state index contributed by atoms with van der Waals surface area (Å²) in [6, 6.07) is 4.78. The van der Waals surface area contributed by atoms with Crippen molar-refractivity contribution in [1.29, 1.82) is 0 Å². The minimum absolute atomic E-state index is 0.180. The Hall–Kier alpha value is -1.97. The maximum absolute atomic E-state index is 13.8. The van der Waals surface area contributed by atoms with Gasteiger partial charge in [0.15, 0.2) is 0 Å². The number of aliphatic carboxylic acids is 1. The first kappa shape index (κ1) is 11.5. The Morgan fingerprint density at radius 2 is 2.06 bits per heavy atom. The van der Waals surface area contributed by atoms with Crippen molar-refractivity contribution in [3.63, 3.8) is 0 Å². The van der Waals surface area contributed by atoms with Gasteiger partial charge in [0.1, 0.15) is 11.3 Å². The Morgan fingerprint density at radius 3 is 2.71 bits per heavy atom. The van der Waals surface area contributed by atoms with Crippen molar-refractivity contribution < 1.29 is 14.3 Å². The fourth-order valence-electron chi connectivity index (χ4n) is 1.95. The highest BCUT2D eigenvalue weighted by atomic mass is 19.1. The maximum Gasteiger partial charge on any atom is 0.307 e. The average Bonchev–Trinajstić information content (AvgIpc) is 2.19. The number of carboxylic acids is 1. The molecule has 0 amide bonds. The molecule has 0 atom stereocenters. The van der Waals surface area contributed by atoms with Gasteiger partial charge in [0.25, 0.3) is 0 Å². The molecule has 0 spiro atoms. The van der Waals surface area contributed by atoms with Crippen molar-refractivity contribution in [2.24, 2.45) is 0 Å². The van der Waals surface area contributed by atoms with Crippen LogP contribution in [-0.2, 0) is 11.2 Å². The van der Waals surface area contributed by atoms with Crippen LogP contribution in [0, 0.1) is 19.7 Å². The lowest BCUT2D eigenvalue weighted by Gasteiger charge is -2.07. The van der Waals surface area contributed by atoms with E-state index < -0.39 is 11.8 Å². The monoisotopic (exact) mass is 233 g/mol. The summed E-state index contributed by atoms with van der Waals surface area (Å²) in [5.41, 5.74) is 2.41. The van der Waals surface area contributed by atoms with E-state index in [4.69, 9.17) is 5.11 Å². The standard InChI is InChI=1S/C13H12FNO2/c1-7-3-8(2)15-13-10(7)4-9(5-11(13)14)6-12(16)17/h3-5H,6H2,1-2H3,(H,16,17). The van der Waals surface area contributed by atoms with Crippen LogP contribution in [0.1, 0.15) is 16.8 Å². The summed E-state index contributed by atoms with van der Waals surface area (Å²) in [4.78, 5) is 14.8. The molecule has 0 radical (unpaired) electrons. The molecule has 1 N–H and O–H groups in total. The highest BCUT2D eigenvalue weighted by Gasteiger charge is 2.10. The molecule has 1 aromatic heterocycles. The highest BCUT2D eigenvalue weighted by Crippen LogP contribution is 2.22. The van der Waals surface area contributed by atoms with Gasteiger partial charge in [-0.1, -0.05) is 0 Å². The molecule has 0 saturated carbocycles. The van der Waals surface area contributed by atoms with Crippen molar-refractivity contribution in [2.45, 2.75) is 20.3 Å². The van der Waals surface area contributed by atoms with Crippen LogP contribution in [0.15, 0.2) is 18.2 Å². The van der Waals surface area contributed by atoms with Gasteiger partial charge >= 0.3 is 5.97 Å². The molecule has 0 saturated heterocycles. The van der Waals surface area contributed by atoms with Gasteiger partial charge in [-0.3, -0.25) is 9.78 Å². The second kappa shape index (κ2) is 4.13. The summed E-state index contributed by atoms with van der Waals surface area (Å²) in [5, 5.41) is 9.38. The van der Waals surface area contributed by atoms with Gasteiger partial charge in [0.05, 0.1) is 6.42 Å². The zero-order valence-electron chi connectivity index (χ0n) is 9.62. The van der Waals surface area contributed by atoms with E-state index in [1.165, 1.54) is 6.07 Å². The van der Waals surface area contributed by atoms with E-state index in [9.17, 15) is 9.18 Å². The van der Waals surface area contributed by atoms with Crippen molar-refractivity contribution in [3.8, 4) is 0 Å². The van der Waals surface area contributed by atoms with E-state index in [0.29, 0.717) is 16.5 Å². The molecular weight excluding hydrogens is 221 g/mol. The van der Waals surface area contributed by atoms with Crippen molar-refractivity contribution >= 4 is 16.9 Å². The number of hydrogen-bond donors (Lipinski definition) is 1. The minimum atomic E-state index is -0.971. The second-order valence-corrected chi connectivity index (χ2v) is 4.12. The van der Waals surface area contributed by atoms with Gasteiger partial charge in [-0.15, -0.1) is 0 Å². The van der Waals surface area contributed by atoms with Gasteiger partial charge in [-0.05, 0) is 43.2 Å². The first-order chi connectivity index (χ1) is 7.97. The lowest BCUT2D eigenvalue weighted by atomic mass is 10.0. The van der Waals surface area contributed by atoms with E-state index >= 15 is 0 Å². The SMILES string of the molecule is Cc1cc(C)c2cc(CC(=O)O)cc(F)c2n1. The van der Waals surface area contributed by atoms with Gasteiger partial charge in [0.2, 0.25) is 0 Å². The van der Waals surface area contributed by atoms with Crippen molar-refractivity contribution in [3.05, 3.63) is 40.8 Å². The van der Waals surface area contributed by atoms with E-state index in [1.807, 2.05) is 13.0 Å². The number of pyridine rings is 1. The number of rotatable bonds is 2. The predicted molar refractivity (Wildman–Crippen MR) is 62.5 cm³/mol. The Kier molecular flexibility index (Phi) is 2.79. The first-order valence-electron chi connectivity index (χ1n) is 5.25. The van der Waals surface area contributed by atoms with Crippen LogP contribution < -0.4 is 0 Å². The Morgan fingerprint density at radius 1 is 1.35 bits per heavy atom. The molecule has 88 valence electrons. The number of carbonyl (C=O) groups is 1. The largest absolute Gasteiger partial charge is 0.481 e. The Balaban J connectivity index is 2.68. The Bertz CT molecular complexity index is 608. The zero-order valence-corrected chi connectivity index (χ0v) is 9.62. The van der Waals surface area contributed by atoms with Crippen LogP contribution in [0.5, 0.6) is 0 Å². The van der Waals surface area contributed by atoms with Gasteiger partial charge in [0, 0.05) is 11.1 Å². The molecule has 0 aliphatic rings. The molecular formula is C13H12FNO2. The molecule has 17 heavy (non-hydrogen) atoms. The lowest BCUT2D eigenvalue weighted by Crippen LogP contribution is -2.01. The summed E-state index contributed by atoms with van der Waals surface area (Å²) >= 11 is 0. The van der Waals surface area contributed by atoms with E-state index in [2.05, 4.69) is 4.98 Å². The topological polar surface area (TPSA) is 50.2 Å². The normalized spacial score (nSPS) is 10.8. The summed E-state index contributed by atoms with van der Waals surface area (Å²) in [5.74, 6) is -1.44. The van der Waals surface area contributed by atoms with E-state index in [-0.39, 0.29) is 6.42 Å². The lowest BCUT2D eigenvalue weighted by molar-refractivity contribution is -0.136. The smallest absolute Gasteiger partial charge is 0.307 e. The van der Waals surface area contributed by atoms with Crippen LogP contribution >= 0.6 is 0 Å². The number of hydrogen-bond acceptors (Lipinski definition) is 2. The zero-order chi connectivity index (χ0) is 12.6. The molecule has 4 heteroatoms. The van der Waals surface area contributed by atoms with Crippen LogP contribution in [0.2, 0.25) is 0 Å². The summed E-state index contributed by atoms with van der Waals surface area (Å²) in [6.45, 7) is 3.66. The average molecular weight is 233 g/mol. The number of fused-ring (bicyclic) bond motifs is 1. The molecule has 2 rings (SSSR count). The van der Waals surface area contributed by atoms with Crippen LogP contribution in [-0.4, -0.2) is 16.1 Å². The summed E-state index contributed by atoms with van der Waals surface area (Å²) < 4.78 is 13.8. The fraction of sp³-hybridized carbons (Fsp3) is 0.231. The number of benzene rings is 1. The quantitative estimate of drug-likeness (QED) is 0.867. The van der Waals surface area contributed by atoms with Crippen LogP contribution in [0.25, 0.3) is 10.9 Å². The third-order valence-electron chi connectivity index (χ3n) is 2.62. The van der Waals surface area contributed by atoms with Crippen LogP contribution in [0.4, 0.5) is 4.39 Å². The fourth-order valence-corrected chi connectivity index (χ4v) is 1.95. The van der Waals surface area contributed by atoms with Crippen LogP contribution in [0.3, 0.4) is 0 Å². The predicted octanol–water partition coefficient (Wildman–Crippen LogP) is 2.62. The third-order valence-corrected chi connectivity index (χ3v) is 2.62. The minimum Gasteiger partial charge on any atom is -0.481 e. The molecule has 0 fully saturated rings. The van der Waals surface area contributed by atoms with Crippen molar-refractivity contribution in [2.75, 3.05) is 0 Å². The maximum atomic E-state index is 13.8. The first-order valence-corrected chi connectivity index (χ1v) is 5.25. The molecule has 0 bridgehead atoms. The third kappa shape index (κ3) is 2.25. The molecule has 3 nitrogen and oxygen atoms in total. The number of carboxylic acid groups (broad SMARTS) is 1. The van der Waals surface area contributed by atoms with Gasteiger partial charge in [-0.2, -0.15) is 0 Å². The summed E-state index contributed by atoms with van der Waals surface area (Å²) in [7, 11) is 0. The number of aromatic nitrogens is 1.